The van der Waals surface area contributed by atoms with Gasteiger partial charge in [-0.2, -0.15) is 5.26 Å². The molecule has 39 heavy (non-hydrogen) atoms. The number of aromatic nitrogens is 1. The van der Waals surface area contributed by atoms with Crippen LogP contribution in [-0.4, -0.2) is 57.4 Å². The summed E-state index contributed by atoms with van der Waals surface area (Å²) in [6.07, 6.45) is 0.210. The Bertz CT molecular complexity index is 1330. The van der Waals surface area contributed by atoms with Crippen LogP contribution in [0.1, 0.15) is 62.4 Å². The zero-order valence-corrected chi connectivity index (χ0v) is 24.2. The van der Waals surface area contributed by atoms with Gasteiger partial charge in [-0.1, -0.05) is 32.9 Å². The molecule has 9 nitrogen and oxygen atoms in total. The van der Waals surface area contributed by atoms with Gasteiger partial charge in [-0.15, -0.1) is 11.3 Å². The van der Waals surface area contributed by atoms with E-state index in [1.54, 1.807) is 11.3 Å². The van der Waals surface area contributed by atoms with Crippen molar-refractivity contribution in [2.24, 2.45) is 10.8 Å². The Hall–Kier alpha value is -3.29. The molecule has 10 heteroatoms. The molecule has 0 radical (unpaired) electrons. The number of likely N-dealkylation sites (tertiary alicyclic amines) is 1. The fourth-order valence-electron chi connectivity index (χ4n) is 5.08. The lowest BCUT2D eigenvalue weighted by Crippen LogP contribution is -2.58. The number of β-amino-alcohol motifs (C(OH)–C–C–N with tert-alkyl or cyclic N) is 1. The first-order chi connectivity index (χ1) is 18.3. The van der Waals surface area contributed by atoms with Gasteiger partial charge >= 0.3 is 0 Å². The molecule has 0 spiro atoms. The van der Waals surface area contributed by atoms with Crippen molar-refractivity contribution in [1.82, 2.24) is 20.5 Å². The van der Waals surface area contributed by atoms with Gasteiger partial charge in [0.05, 0.1) is 28.3 Å². The molecule has 1 aromatic heterocycles. The zero-order chi connectivity index (χ0) is 28.7. The maximum atomic E-state index is 13.7. The first-order valence-corrected chi connectivity index (χ1v) is 14.1. The third-order valence-electron chi connectivity index (χ3n) is 7.99. The van der Waals surface area contributed by atoms with Gasteiger partial charge in [-0.05, 0) is 61.3 Å². The Morgan fingerprint density at radius 1 is 1.23 bits per heavy atom. The molecule has 3 N–H and O–H groups in total. The number of carbonyl (C=O) groups is 3. The van der Waals surface area contributed by atoms with E-state index in [2.05, 4.69) is 28.6 Å². The number of aliphatic hydroxyl groups is 1. The van der Waals surface area contributed by atoms with E-state index in [0.717, 1.165) is 32.8 Å². The van der Waals surface area contributed by atoms with Crippen LogP contribution in [0, 0.1) is 42.9 Å². The largest absolute Gasteiger partial charge is 0.391 e. The third kappa shape index (κ3) is 5.70. The summed E-state index contributed by atoms with van der Waals surface area (Å²) < 4.78 is 0. The van der Waals surface area contributed by atoms with Crippen molar-refractivity contribution in [3.8, 4) is 16.5 Å². The molecule has 208 valence electrons. The highest BCUT2D eigenvalue weighted by Gasteiger charge is 2.53. The standard InChI is InChI=1S/C29H37N5O4S/c1-16-17(2)21(23-18(3)32-15-39-23)8-7-19(16)12-31-25(36)22-11-20(35)13-34(22)26(37)24(28(4,5)6)33-27(38)29(14-30)9-10-29/h7-8,15,20,22,24,35H,9-13H2,1-6H3,(H,31,36)(H,33,38)/t20-,22+,24-/m1/s1. The van der Waals surface area contributed by atoms with Crippen LogP contribution < -0.4 is 10.6 Å². The number of carbonyl (C=O) groups excluding carboxylic acids is 3. The van der Waals surface area contributed by atoms with Gasteiger partial charge in [0.25, 0.3) is 0 Å². The van der Waals surface area contributed by atoms with E-state index in [4.69, 9.17) is 0 Å². The number of thiazole rings is 1. The summed E-state index contributed by atoms with van der Waals surface area (Å²) >= 11 is 1.60. The highest BCUT2D eigenvalue weighted by molar-refractivity contribution is 7.13. The van der Waals surface area contributed by atoms with Crippen LogP contribution in [0.4, 0.5) is 0 Å². The summed E-state index contributed by atoms with van der Waals surface area (Å²) in [5.41, 5.74) is 5.36. The average Bonchev–Trinajstić information content (AvgIpc) is 3.42. The molecule has 4 rings (SSSR count). The first-order valence-electron chi connectivity index (χ1n) is 13.3. The molecule has 3 atom stereocenters. The van der Waals surface area contributed by atoms with E-state index in [0.29, 0.717) is 12.8 Å². The quantitative estimate of drug-likeness (QED) is 0.484. The van der Waals surface area contributed by atoms with Crippen molar-refractivity contribution in [3.63, 3.8) is 0 Å². The van der Waals surface area contributed by atoms with Gasteiger partial charge in [-0.25, -0.2) is 4.98 Å². The fraction of sp³-hybridized carbons (Fsp3) is 0.552. The maximum Gasteiger partial charge on any atom is 0.246 e. The van der Waals surface area contributed by atoms with Crippen molar-refractivity contribution in [3.05, 3.63) is 40.0 Å². The number of hydrogen-bond acceptors (Lipinski definition) is 7. The van der Waals surface area contributed by atoms with Gasteiger partial charge in [-0.3, -0.25) is 14.4 Å². The number of rotatable bonds is 7. The second-order valence-corrected chi connectivity index (χ2v) is 12.7. The fourth-order valence-corrected chi connectivity index (χ4v) is 5.97. The summed E-state index contributed by atoms with van der Waals surface area (Å²) in [7, 11) is 0. The highest BCUT2D eigenvalue weighted by Crippen LogP contribution is 2.45. The Kier molecular flexibility index (Phi) is 7.88. The lowest BCUT2D eigenvalue weighted by molar-refractivity contribution is -0.144. The number of aryl methyl sites for hydroxylation is 1. The van der Waals surface area contributed by atoms with Crippen LogP contribution in [0.25, 0.3) is 10.4 Å². The molecular formula is C29H37N5O4S. The lowest BCUT2D eigenvalue weighted by atomic mass is 9.85. The number of aliphatic hydroxyl groups excluding tert-OH is 1. The number of nitrogens with zero attached hydrogens (tertiary/aromatic N) is 3. The summed E-state index contributed by atoms with van der Waals surface area (Å²) in [4.78, 5) is 46.7. The van der Waals surface area contributed by atoms with Crippen LogP contribution in [0.3, 0.4) is 0 Å². The Morgan fingerprint density at radius 2 is 1.92 bits per heavy atom. The van der Waals surface area contributed by atoms with Crippen molar-refractivity contribution in [2.45, 2.75) is 85.5 Å². The number of nitriles is 1. The van der Waals surface area contributed by atoms with Crippen LogP contribution >= 0.6 is 11.3 Å². The molecule has 0 bridgehead atoms. The lowest BCUT2D eigenvalue weighted by Gasteiger charge is -2.35. The molecule has 2 heterocycles. The predicted molar refractivity (Wildman–Crippen MR) is 148 cm³/mol. The SMILES string of the molecule is Cc1ncsc1-c1ccc(CNC(=O)[C@@H]2C[C@@H](O)CN2C(=O)[C@@H](NC(=O)C2(C#N)CC2)C(C)(C)C)c(C)c1C. The first kappa shape index (κ1) is 28.7. The molecule has 2 fully saturated rings. The molecule has 1 aromatic carbocycles. The molecule has 3 amide bonds. The molecule has 1 aliphatic heterocycles. The molecule has 1 aliphatic carbocycles. The molecule has 2 aromatic rings. The zero-order valence-electron chi connectivity index (χ0n) is 23.4. The van der Waals surface area contributed by atoms with E-state index in [1.165, 1.54) is 4.90 Å². The van der Waals surface area contributed by atoms with E-state index in [9.17, 15) is 24.8 Å². The van der Waals surface area contributed by atoms with E-state index < -0.39 is 40.8 Å². The minimum absolute atomic E-state index is 0.00377. The molecule has 1 saturated carbocycles. The molecule has 0 unspecified atom stereocenters. The highest BCUT2D eigenvalue weighted by atomic mass is 32.1. The molecule has 2 aliphatic rings. The summed E-state index contributed by atoms with van der Waals surface area (Å²) in [5, 5.41) is 25.6. The average molecular weight is 552 g/mol. The van der Waals surface area contributed by atoms with Gasteiger partial charge in [0, 0.05) is 19.5 Å². The summed E-state index contributed by atoms with van der Waals surface area (Å²) in [5.74, 6) is -1.24. The Morgan fingerprint density at radius 3 is 2.49 bits per heavy atom. The maximum absolute atomic E-state index is 13.7. The minimum Gasteiger partial charge on any atom is -0.391 e. The van der Waals surface area contributed by atoms with Crippen LogP contribution in [0.15, 0.2) is 17.6 Å². The number of amides is 3. The van der Waals surface area contributed by atoms with Crippen molar-refractivity contribution in [1.29, 1.82) is 5.26 Å². The number of hydrogen-bond donors (Lipinski definition) is 3. The molecule has 1 saturated heterocycles. The topological polar surface area (TPSA) is 135 Å². The predicted octanol–water partition coefficient (Wildman–Crippen LogP) is 3.15. The van der Waals surface area contributed by atoms with Crippen molar-refractivity contribution < 1.29 is 19.5 Å². The van der Waals surface area contributed by atoms with Gasteiger partial charge in [0.1, 0.15) is 17.5 Å². The monoisotopic (exact) mass is 551 g/mol. The van der Waals surface area contributed by atoms with Crippen LogP contribution in [-0.2, 0) is 20.9 Å². The second-order valence-electron chi connectivity index (χ2n) is 11.9. The van der Waals surface area contributed by atoms with Crippen LogP contribution in [0.2, 0.25) is 0 Å². The number of benzene rings is 1. The van der Waals surface area contributed by atoms with Crippen molar-refractivity contribution in [2.75, 3.05) is 6.54 Å². The van der Waals surface area contributed by atoms with E-state index in [-0.39, 0.29) is 25.4 Å². The Balaban J connectivity index is 1.48. The van der Waals surface area contributed by atoms with E-state index in [1.807, 2.05) is 52.3 Å². The second kappa shape index (κ2) is 10.7. The number of nitrogens with one attached hydrogen (secondary N) is 2. The van der Waals surface area contributed by atoms with Crippen molar-refractivity contribution >= 4 is 29.1 Å². The van der Waals surface area contributed by atoms with Crippen LogP contribution in [0.5, 0.6) is 0 Å². The van der Waals surface area contributed by atoms with Gasteiger partial charge in [0.2, 0.25) is 17.7 Å². The third-order valence-corrected chi connectivity index (χ3v) is 8.96. The summed E-state index contributed by atoms with van der Waals surface area (Å²) in [6, 6.07) is 4.30. The summed E-state index contributed by atoms with van der Waals surface area (Å²) in [6.45, 7) is 11.8. The Labute approximate surface area is 233 Å². The van der Waals surface area contributed by atoms with Gasteiger partial charge < -0.3 is 20.6 Å². The normalized spacial score (nSPS) is 20.7. The smallest absolute Gasteiger partial charge is 0.246 e. The van der Waals surface area contributed by atoms with E-state index >= 15 is 0 Å². The minimum atomic E-state index is -1.07. The molecular weight excluding hydrogens is 514 g/mol. The van der Waals surface area contributed by atoms with Gasteiger partial charge in [0.15, 0.2) is 0 Å².